The predicted molar refractivity (Wildman–Crippen MR) is 82.6 cm³/mol. The Morgan fingerprint density at radius 1 is 1.43 bits per heavy atom. The van der Waals surface area contributed by atoms with Crippen LogP contribution in [0.3, 0.4) is 0 Å². The highest BCUT2D eigenvalue weighted by Gasteiger charge is 2.27. The summed E-state index contributed by atoms with van der Waals surface area (Å²) in [5.74, 6) is 0.852. The number of anilines is 1. The quantitative estimate of drug-likeness (QED) is 0.877. The standard InChI is InChI=1S/C16H24N2O3/c1-3-21-15-10-5-4-8-13(15)17-16(20)18(2)11-12-7-6-9-14(12)19/h4-5,8,10,12,14,19H,3,6-7,9,11H2,1-2H3,(H,17,20). The lowest BCUT2D eigenvalue weighted by Crippen LogP contribution is -2.37. The van der Waals surface area contributed by atoms with Crippen molar-refractivity contribution in [3.63, 3.8) is 0 Å². The molecule has 5 nitrogen and oxygen atoms in total. The van der Waals surface area contributed by atoms with Gasteiger partial charge in [-0.3, -0.25) is 0 Å². The molecule has 0 saturated heterocycles. The summed E-state index contributed by atoms with van der Waals surface area (Å²) in [7, 11) is 1.75. The van der Waals surface area contributed by atoms with Gasteiger partial charge in [-0.25, -0.2) is 4.79 Å². The average Bonchev–Trinajstić information content (AvgIpc) is 2.86. The van der Waals surface area contributed by atoms with Gasteiger partial charge in [0.15, 0.2) is 0 Å². The topological polar surface area (TPSA) is 61.8 Å². The van der Waals surface area contributed by atoms with Crippen LogP contribution in [0.5, 0.6) is 5.75 Å². The number of ether oxygens (including phenoxy) is 1. The van der Waals surface area contributed by atoms with Crippen LogP contribution in [0.1, 0.15) is 26.2 Å². The lowest BCUT2D eigenvalue weighted by atomic mass is 10.1. The van der Waals surface area contributed by atoms with Crippen LogP contribution in [0.2, 0.25) is 0 Å². The van der Waals surface area contributed by atoms with Crippen LogP contribution in [-0.4, -0.2) is 42.3 Å². The molecule has 1 aliphatic carbocycles. The number of urea groups is 1. The number of hydrogen-bond acceptors (Lipinski definition) is 3. The fourth-order valence-corrected chi connectivity index (χ4v) is 2.73. The Hall–Kier alpha value is -1.75. The number of nitrogens with one attached hydrogen (secondary N) is 1. The summed E-state index contributed by atoms with van der Waals surface area (Å²) in [6.07, 6.45) is 2.58. The monoisotopic (exact) mass is 292 g/mol. The van der Waals surface area contributed by atoms with E-state index < -0.39 is 0 Å². The van der Waals surface area contributed by atoms with Crippen molar-refractivity contribution in [3.8, 4) is 5.75 Å². The van der Waals surface area contributed by atoms with Gasteiger partial charge in [0.1, 0.15) is 5.75 Å². The molecule has 1 aromatic rings. The second kappa shape index (κ2) is 7.31. The van der Waals surface area contributed by atoms with Crippen LogP contribution in [0.4, 0.5) is 10.5 Å². The second-order valence-corrected chi connectivity index (χ2v) is 5.50. The van der Waals surface area contributed by atoms with E-state index in [2.05, 4.69) is 5.32 Å². The highest BCUT2D eigenvalue weighted by Crippen LogP contribution is 2.27. The number of hydrogen-bond donors (Lipinski definition) is 2. The minimum atomic E-state index is -0.282. The van der Waals surface area contributed by atoms with E-state index in [0.717, 1.165) is 19.3 Å². The van der Waals surface area contributed by atoms with Crippen molar-refractivity contribution in [1.82, 2.24) is 4.90 Å². The molecule has 0 heterocycles. The molecule has 1 fully saturated rings. The molecule has 1 saturated carbocycles. The van der Waals surface area contributed by atoms with Gasteiger partial charge in [0.05, 0.1) is 18.4 Å². The fourth-order valence-electron chi connectivity index (χ4n) is 2.73. The maximum atomic E-state index is 12.2. The molecule has 0 spiro atoms. The Kier molecular flexibility index (Phi) is 5.44. The molecule has 116 valence electrons. The third kappa shape index (κ3) is 4.11. The zero-order valence-electron chi connectivity index (χ0n) is 12.7. The number of benzene rings is 1. The summed E-state index contributed by atoms with van der Waals surface area (Å²) in [6.45, 7) is 3.03. The van der Waals surface area contributed by atoms with Crippen LogP contribution < -0.4 is 10.1 Å². The van der Waals surface area contributed by atoms with E-state index in [1.807, 2.05) is 31.2 Å². The van der Waals surface area contributed by atoms with Crippen LogP contribution in [-0.2, 0) is 0 Å². The van der Waals surface area contributed by atoms with E-state index in [1.165, 1.54) is 0 Å². The molecule has 0 bridgehead atoms. The first kappa shape index (κ1) is 15.6. The summed E-state index contributed by atoms with van der Waals surface area (Å²) in [6, 6.07) is 7.21. The number of para-hydroxylation sites is 2. The van der Waals surface area contributed by atoms with Gasteiger partial charge in [0.2, 0.25) is 0 Å². The first-order valence-electron chi connectivity index (χ1n) is 7.53. The van der Waals surface area contributed by atoms with Crippen molar-refractivity contribution >= 4 is 11.7 Å². The van der Waals surface area contributed by atoms with E-state index in [1.54, 1.807) is 11.9 Å². The molecule has 1 aliphatic rings. The first-order valence-corrected chi connectivity index (χ1v) is 7.53. The Morgan fingerprint density at radius 2 is 2.19 bits per heavy atom. The molecule has 5 heteroatoms. The van der Waals surface area contributed by atoms with Crippen molar-refractivity contribution < 1.29 is 14.6 Å². The van der Waals surface area contributed by atoms with Crippen LogP contribution in [0, 0.1) is 5.92 Å². The van der Waals surface area contributed by atoms with E-state index >= 15 is 0 Å². The summed E-state index contributed by atoms with van der Waals surface area (Å²) in [5.41, 5.74) is 0.670. The third-order valence-electron chi connectivity index (χ3n) is 3.90. The van der Waals surface area contributed by atoms with Crippen molar-refractivity contribution in [2.24, 2.45) is 5.92 Å². The minimum Gasteiger partial charge on any atom is -0.492 e. The Bertz CT molecular complexity index is 478. The highest BCUT2D eigenvalue weighted by atomic mass is 16.5. The number of carbonyl (C=O) groups excluding carboxylic acids is 1. The molecule has 0 aliphatic heterocycles. The molecule has 2 unspecified atom stereocenters. The maximum Gasteiger partial charge on any atom is 0.321 e. The number of nitrogens with zero attached hydrogens (tertiary/aromatic N) is 1. The van der Waals surface area contributed by atoms with Crippen molar-refractivity contribution in [2.75, 3.05) is 25.5 Å². The molecule has 1 aromatic carbocycles. The number of carbonyl (C=O) groups is 1. The smallest absolute Gasteiger partial charge is 0.321 e. The zero-order chi connectivity index (χ0) is 15.2. The Labute approximate surface area is 125 Å². The summed E-state index contributed by atoms with van der Waals surface area (Å²) < 4.78 is 5.49. The van der Waals surface area contributed by atoms with Gasteiger partial charge in [-0.15, -0.1) is 0 Å². The van der Waals surface area contributed by atoms with Crippen LogP contribution >= 0.6 is 0 Å². The van der Waals surface area contributed by atoms with Crippen molar-refractivity contribution in [1.29, 1.82) is 0 Å². The SMILES string of the molecule is CCOc1ccccc1NC(=O)N(C)CC1CCCC1O. The molecule has 21 heavy (non-hydrogen) atoms. The lowest BCUT2D eigenvalue weighted by Gasteiger charge is -2.24. The average molecular weight is 292 g/mol. The molecular weight excluding hydrogens is 268 g/mol. The van der Waals surface area contributed by atoms with Gasteiger partial charge in [0.25, 0.3) is 0 Å². The Morgan fingerprint density at radius 3 is 2.86 bits per heavy atom. The van der Waals surface area contributed by atoms with Gasteiger partial charge in [-0.1, -0.05) is 18.6 Å². The zero-order valence-corrected chi connectivity index (χ0v) is 12.7. The minimum absolute atomic E-state index is 0.179. The maximum absolute atomic E-state index is 12.2. The summed E-state index contributed by atoms with van der Waals surface area (Å²) in [4.78, 5) is 13.9. The number of aliphatic hydroxyl groups excluding tert-OH is 1. The van der Waals surface area contributed by atoms with Gasteiger partial charge in [0, 0.05) is 19.5 Å². The molecular formula is C16H24N2O3. The summed E-state index contributed by atoms with van der Waals surface area (Å²) in [5, 5.41) is 12.7. The molecule has 2 rings (SSSR count). The first-order chi connectivity index (χ1) is 10.1. The normalized spacial score (nSPS) is 21.1. The van der Waals surface area contributed by atoms with Crippen LogP contribution in [0.25, 0.3) is 0 Å². The lowest BCUT2D eigenvalue weighted by molar-refractivity contribution is 0.116. The molecule has 0 radical (unpaired) electrons. The second-order valence-electron chi connectivity index (χ2n) is 5.50. The van der Waals surface area contributed by atoms with E-state index in [0.29, 0.717) is 24.6 Å². The van der Waals surface area contributed by atoms with Gasteiger partial charge in [-0.05, 0) is 31.9 Å². The van der Waals surface area contributed by atoms with Crippen molar-refractivity contribution in [2.45, 2.75) is 32.3 Å². The van der Waals surface area contributed by atoms with Gasteiger partial charge >= 0.3 is 6.03 Å². The third-order valence-corrected chi connectivity index (χ3v) is 3.90. The van der Waals surface area contributed by atoms with Crippen molar-refractivity contribution in [3.05, 3.63) is 24.3 Å². The number of rotatable bonds is 5. The molecule has 2 amide bonds. The summed E-state index contributed by atoms with van der Waals surface area (Å²) >= 11 is 0. The molecule has 2 atom stereocenters. The fraction of sp³-hybridized carbons (Fsp3) is 0.562. The predicted octanol–water partition coefficient (Wildman–Crippen LogP) is 2.71. The van der Waals surface area contributed by atoms with E-state index in [9.17, 15) is 9.90 Å². The molecule has 2 N–H and O–H groups in total. The highest BCUT2D eigenvalue weighted by molar-refractivity contribution is 5.90. The molecule has 0 aromatic heterocycles. The largest absolute Gasteiger partial charge is 0.492 e. The van der Waals surface area contributed by atoms with E-state index in [4.69, 9.17) is 4.74 Å². The van der Waals surface area contributed by atoms with Gasteiger partial charge in [-0.2, -0.15) is 0 Å². The van der Waals surface area contributed by atoms with E-state index in [-0.39, 0.29) is 18.1 Å². The van der Waals surface area contributed by atoms with Crippen LogP contribution in [0.15, 0.2) is 24.3 Å². The number of aliphatic hydroxyl groups is 1. The Balaban J connectivity index is 1.94. The number of amides is 2. The van der Waals surface area contributed by atoms with Gasteiger partial charge < -0.3 is 20.1 Å².